The molecule has 0 saturated carbocycles. The minimum absolute atomic E-state index is 0.0592. The molecule has 2 heterocycles. The third-order valence-corrected chi connectivity index (χ3v) is 7.02. The number of carboxylic acids is 1. The summed E-state index contributed by atoms with van der Waals surface area (Å²) in [4.78, 5) is 27.8. The number of nitrogens with zero attached hydrogens (tertiary/aromatic N) is 2. The molecule has 3 aromatic rings. The molecule has 14 heteroatoms. The van der Waals surface area contributed by atoms with Gasteiger partial charge in [0.1, 0.15) is 22.2 Å². The second-order valence-corrected chi connectivity index (χ2v) is 10.1. The molecule has 0 saturated heterocycles. The molecule has 3 rings (SSSR count). The van der Waals surface area contributed by atoms with E-state index in [1.807, 2.05) is 30.3 Å². The number of unbranched alkanes of at least 4 members (excludes halogenated alkanes) is 2. The van der Waals surface area contributed by atoms with E-state index in [0.717, 1.165) is 30.5 Å². The zero-order valence-corrected chi connectivity index (χ0v) is 21.8. The molecular weight excluding hydrogens is 529 g/mol. The number of alkyl halides is 3. The Bertz CT molecular complexity index is 1300. The molecule has 0 spiro atoms. The molecule has 1 atom stereocenters. The summed E-state index contributed by atoms with van der Waals surface area (Å²) in [6, 6.07) is 9.17. The number of sulfonamides is 1. The molecule has 10 nitrogen and oxygen atoms in total. The molecule has 0 unspecified atom stereocenters. The van der Waals surface area contributed by atoms with Crippen molar-refractivity contribution in [2.24, 2.45) is 0 Å². The first kappa shape index (κ1) is 30.7. The normalized spacial score (nSPS) is 12.5. The number of aromatic nitrogens is 3. The van der Waals surface area contributed by atoms with Gasteiger partial charge in [0.15, 0.2) is 5.76 Å². The number of H-pyrrole nitrogens is 1. The second kappa shape index (κ2) is 13.3. The van der Waals surface area contributed by atoms with Crippen molar-refractivity contribution in [3.63, 3.8) is 0 Å². The van der Waals surface area contributed by atoms with Gasteiger partial charge < -0.3 is 19.4 Å². The molecule has 0 fully saturated rings. The molecule has 1 aromatic carbocycles. The quantitative estimate of drug-likeness (QED) is 0.282. The summed E-state index contributed by atoms with van der Waals surface area (Å²) in [6.07, 6.45) is 0.0686. The van der Waals surface area contributed by atoms with Gasteiger partial charge in [-0.3, -0.25) is 0 Å². The van der Waals surface area contributed by atoms with Crippen molar-refractivity contribution in [3.8, 4) is 11.3 Å². The molecule has 0 aliphatic rings. The van der Waals surface area contributed by atoms with Crippen molar-refractivity contribution < 1.29 is 40.8 Å². The number of aryl methyl sites for hydroxylation is 2. The zero-order valence-electron chi connectivity index (χ0n) is 21.0. The van der Waals surface area contributed by atoms with E-state index in [1.54, 1.807) is 27.0 Å². The summed E-state index contributed by atoms with van der Waals surface area (Å²) in [5, 5.41) is 10.9. The van der Waals surface area contributed by atoms with Gasteiger partial charge in [0.05, 0.1) is 17.9 Å². The largest absolute Gasteiger partial charge is 0.490 e. The Morgan fingerprint density at radius 1 is 1.13 bits per heavy atom. The van der Waals surface area contributed by atoms with Gasteiger partial charge in [-0.15, -0.1) is 0 Å². The number of rotatable bonds is 11. The van der Waals surface area contributed by atoms with Crippen LogP contribution in [0.1, 0.15) is 62.3 Å². The van der Waals surface area contributed by atoms with E-state index < -0.39 is 28.2 Å². The molecule has 2 aromatic heterocycles. The van der Waals surface area contributed by atoms with Crippen LogP contribution in [0, 0.1) is 13.8 Å². The highest BCUT2D eigenvalue weighted by Crippen LogP contribution is 2.26. The van der Waals surface area contributed by atoms with Gasteiger partial charge in [-0.05, 0) is 39.2 Å². The van der Waals surface area contributed by atoms with Crippen molar-refractivity contribution >= 4 is 21.8 Å². The average molecular weight is 559 g/mol. The molecule has 0 amide bonds. The number of aromatic amines is 1. The van der Waals surface area contributed by atoms with Crippen molar-refractivity contribution in [1.29, 1.82) is 0 Å². The third kappa shape index (κ3) is 9.10. The number of carbonyl (C=O) groups is 2. The highest BCUT2D eigenvalue weighted by molar-refractivity contribution is 7.89. The minimum atomic E-state index is -5.08. The number of ketones is 1. The number of imidazole rings is 1. The number of halogens is 3. The first-order chi connectivity index (χ1) is 17.7. The highest BCUT2D eigenvalue weighted by atomic mass is 32.2. The van der Waals surface area contributed by atoms with Gasteiger partial charge in [0.2, 0.25) is 10.0 Å². The van der Waals surface area contributed by atoms with Crippen LogP contribution in [0.4, 0.5) is 13.2 Å². The van der Waals surface area contributed by atoms with E-state index in [1.165, 1.54) is 0 Å². The van der Waals surface area contributed by atoms with Crippen LogP contribution in [0.3, 0.4) is 0 Å². The lowest BCUT2D eigenvalue weighted by Crippen LogP contribution is -2.30. The van der Waals surface area contributed by atoms with E-state index in [-0.39, 0.29) is 16.4 Å². The van der Waals surface area contributed by atoms with Crippen LogP contribution in [0.25, 0.3) is 11.3 Å². The van der Waals surface area contributed by atoms with E-state index in [4.69, 9.17) is 14.4 Å². The predicted octanol–water partition coefficient (Wildman–Crippen LogP) is 4.87. The Hall–Kier alpha value is -3.52. The maximum absolute atomic E-state index is 13.1. The summed E-state index contributed by atoms with van der Waals surface area (Å²) in [5.74, 6) is -1.81. The maximum atomic E-state index is 13.1. The minimum Gasteiger partial charge on any atom is -0.475 e. The van der Waals surface area contributed by atoms with Gasteiger partial charge in [0, 0.05) is 6.42 Å². The summed E-state index contributed by atoms with van der Waals surface area (Å²) in [7, 11) is -3.86. The lowest BCUT2D eigenvalue weighted by atomic mass is 10.1. The third-order valence-electron chi connectivity index (χ3n) is 5.31. The SMILES string of the molecule is CC(=O)CCCCC[C@H](NS(=O)(=O)c1c(C)noc1C)c1ncc(-c2ccccc2)[nH]1.O=C(O)C(F)(F)F. The summed E-state index contributed by atoms with van der Waals surface area (Å²) < 4.78 is 65.7. The van der Waals surface area contributed by atoms with Crippen LogP contribution in [0.5, 0.6) is 0 Å². The fourth-order valence-corrected chi connectivity index (χ4v) is 5.10. The Kier molecular flexibility index (Phi) is 10.8. The summed E-state index contributed by atoms with van der Waals surface area (Å²) in [6.45, 7) is 4.75. The number of aliphatic carboxylic acids is 1. The molecule has 0 radical (unpaired) electrons. The van der Waals surface area contributed by atoms with E-state index >= 15 is 0 Å². The molecule has 208 valence electrons. The Morgan fingerprint density at radius 3 is 2.29 bits per heavy atom. The Labute approximate surface area is 217 Å². The van der Waals surface area contributed by atoms with Crippen LogP contribution in [-0.4, -0.2) is 46.6 Å². The fraction of sp³-hybridized carbons (Fsp3) is 0.417. The van der Waals surface area contributed by atoms with Gasteiger partial charge in [-0.1, -0.05) is 48.3 Å². The molecule has 0 aliphatic heterocycles. The predicted molar refractivity (Wildman–Crippen MR) is 131 cm³/mol. The Morgan fingerprint density at radius 2 is 1.76 bits per heavy atom. The number of hydrogen-bond donors (Lipinski definition) is 3. The smallest absolute Gasteiger partial charge is 0.475 e. The van der Waals surface area contributed by atoms with Gasteiger partial charge in [-0.2, -0.15) is 13.2 Å². The molecule has 0 aliphatic carbocycles. The average Bonchev–Trinajstić information content (AvgIpc) is 3.45. The summed E-state index contributed by atoms with van der Waals surface area (Å²) >= 11 is 0. The number of carbonyl (C=O) groups excluding carboxylic acids is 1. The molecule has 0 bridgehead atoms. The van der Waals surface area contributed by atoms with Crippen LogP contribution in [0.15, 0.2) is 45.9 Å². The van der Waals surface area contributed by atoms with E-state index in [9.17, 15) is 26.4 Å². The van der Waals surface area contributed by atoms with Crippen molar-refractivity contribution in [2.45, 2.75) is 70.0 Å². The van der Waals surface area contributed by atoms with Crippen LogP contribution >= 0.6 is 0 Å². The molecule has 38 heavy (non-hydrogen) atoms. The number of hydrogen-bond acceptors (Lipinski definition) is 7. The van der Waals surface area contributed by atoms with Crippen molar-refractivity contribution in [1.82, 2.24) is 19.8 Å². The van der Waals surface area contributed by atoms with E-state index in [0.29, 0.717) is 24.4 Å². The molecular formula is C24H29F3N4O6S. The van der Waals surface area contributed by atoms with Crippen LogP contribution < -0.4 is 4.72 Å². The van der Waals surface area contributed by atoms with Gasteiger partial charge >= 0.3 is 12.1 Å². The van der Waals surface area contributed by atoms with Crippen LogP contribution in [-0.2, 0) is 19.6 Å². The standard InChI is InChI=1S/C22H28N4O4S.C2HF3O2/c1-15(27)10-6-4-9-13-19(26-31(28,29)21-16(2)25-30-17(21)3)22-23-14-20(24-22)18-11-7-5-8-12-18;3-2(4,5)1(6)7/h5,7-8,11-12,14,19,26H,4,6,9-10,13H2,1-3H3,(H,23,24);(H,6,7)/t19-;/m0./s1. The number of carboxylic acid groups (broad SMARTS) is 1. The lowest BCUT2D eigenvalue weighted by Gasteiger charge is -2.17. The lowest BCUT2D eigenvalue weighted by molar-refractivity contribution is -0.192. The maximum Gasteiger partial charge on any atom is 0.490 e. The second-order valence-electron chi connectivity index (χ2n) is 8.48. The van der Waals surface area contributed by atoms with E-state index in [2.05, 4.69) is 19.8 Å². The van der Waals surface area contributed by atoms with Gasteiger partial charge in [0.25, 0.3) is 0 Å². The van der Waals surface area contributed by atoms with Crippen molar-refractivity contribution in [3.05, 3.63) is 53.8 Å². The first-order valence-electron chi connectivity index (χ1n) is 11.6. The van der Waals surface area contributed by atoms with Crippen LogP contribution in [0.2, 0.25) is 0 Å². The fourth-order valence-electron chi connectivity index (χ4n) is 3.53. The highest BCUT2D eigenvalue weighted by Gasteiger charge is 2.38. The number of nitrogens with one attached hydrogen (secondary N) is 2. The topological polar surface area (TPSA) is 155 Å². The monoisotopic (exact) mass is 558 g/mol. The van der Waals surface area contributed by atoms with Crippen molar-refractivity contribution in [2.75, 3.05) is 0 Å². The zero-order chi connectivity index (χ0) is 28.5. The molecule has 3 N–H and O–H groups in total. The number of benzene rings is 1. The Balaban J connectivity index is 0.000000638. The summed E-state index contributed by atoms with van der Waals surface area (Å²) in [5.41, 5.74) is 2.10. The first-order valence-corrected chi connectivity index (χ1v) is 13.1. The van der Waals surface area contributed by atoms with Gasteiger partial charge in [-0.25, -0.2) is 22.9 Å². The number of Topliss-reactive ketones (excluding diaryl/α,β-unsaturated/α-hetero) is 1.